The third-order valence-corrected chi connectivity index (χ3v) is 6.32. The standard InChI is InChI=1S/C20H26N4O/c1-15-6-7-17(12-21)18(22-15)24-11-9-20(14-24)8-3-10-23(19(20)25)13-16-4-2-5-16/h6-7,16H,2-5,8-11,13-14H2,1H3. The fraction of sp³-hybridized carbons (Fsp3) is 0.650. The van der Waals surface area contributed by atoms with Gasteiger partial charge in [0.05, 0.1) is 11.0 Å². The highest BCUT2D eigenvalue weighted by Gasteiger charge is 2.49. The molecule has 1 aliphatic carbocycles. The molecule has 2 aliphatic heterocycles. The summed E-state index contributed by atoms with van der Waals surface area (Å²) in [4.78, 5) is 22.1. The van der Waals surface area contributed by atoms with E-state index >= 15 is 0 Å². The molecule has 0 radical (unpaired) electrons. The molecule has 0 aromatic carbocycles. The molecule has 1 amide bonds. The maximum atomic E-state index is 13.2. The van der Waals surface area contributed by atoms with Crippen LogP contribution in [0.2, 0.25) is 0 Å². The minimum Gasteiger partial charge on any atom is -0.354 e. The molecular weight excluding hydrogens is 312 g/mol. The van der Waals surface area contributed by atoms with Gasteiger partial charge in [-0.05, 0) is 57.1 Å². The average Bonchev–Trinajstić information content (AvgIpc) is 3.00. The van der Waals surface area contributed by atoms with Gasteiger partial charge in [0.1, 0.15) is 11.9 Å². The Morgan fingerprint density at radius 3 is 2.84 bits per heavy atom. The maximum Gasteiger partial charge on any atom is 0.230 e. The molecule has 0 N–H and O–H groups in total. The zero-order valence-corrected chi connectivity index (χ0v) is 15.0. The molecule has 3 aliphatic rings. The van der Waals surface area contributed by atoms with Gasteiger partial charge in [-0.15, -0.1) is 0 Å². The van der Waals surface area contributed by atoms with Gasteiger partial charge in [-0.2, -0.15) is 5.26 Å². The van der Waals surface area contributed by atoms with E-state index in [-0.39, 0.29) is 5.41 Å². The van der Waals surface area contributed by atoms with Crippen LogP contribution in [0.4, 0.5) is 5.82 Å². The number of rotatable bonds is 3. The number of carbonyl (C=O) groups is 1. The topological polar surface area (TPSA) is 60.2 Å². The molecular formula is C20H26N4O. The molecule has 3 heterocycles. The Balaban J connectivity index is 1.53. The minimum atomic E-state index is -0.264. The summed E-state index contributed by atoms with van der Waals surface area (Å²) in [6.45, 7) is 5.34. The van der Waals surface area contributed by atoms with Crippen molar-refractivity contribution in [2.45, 2.75) is 45.4 Å². The first-order valence-electron chi connectivity index (χ1n) is 9.53. The van der Waals surface area contributed by atoms with Crippen molar-refractivity contribution in [3.63, 3.8) is 0 Å². The van der Waals surface area contributed by atoms with Crippen LogP contribution in [0.15, 0.2) is 12.1 Å². The van der Waals surface area contributed by atoms with E-state index in [4.69, 9.17) is 0 Å². The predicted octanol–water partition coefficient (Wildman–Crippen LogP) is 2.88. The van der Waals surface area contributed by atoms with Gasteiger partial charge in [-0.3, -0.25) is 4.79 Å². The third-order valence-electron chi connectivity index (χ3n) is 6.32. The maximum absolute atomic E-state index is 13.2. The van der Waals surface area contributed by atoms with Crippen molar-refractivity contribution in [2.24, 2.45) is 11.3 Å². The van der Waals surface area contributed by atoms with Crippen molar-refractivity contribution in [2.75, 3.05) is 31.1 Å². The lowest BCUT2D eigenvalue weighted by atomic mass is 9.77. The van der Waals surface area contributed by atoms with Crippen molar-refractivity contribution in [3.05, 3.63) is 23.4 Å². The first-order valence-corrected chi connectivity index (χ1v) is 9.53. The molecule has 4 rings (SSSR count). The summed E-state index contributed by atoms with van der Waals surface area (Å²) in [7, 11) is 0. The van der Waals surface area contributed by atoms with Gasteiger partial charge in [0.2, 0.25) is 5.91 Å². The van der Waals surface area contributed by atoms with Gasteiger partial charge in [0, 0.05) is 31.9 Å². The Labute approximate surface area is 149 Å². The van der Waals surface area contributed by atoms with Crippen LogP contribution in [0.3, 0.4) is 0 Å². The third kappa shape index (κ3) is 2.88. The fourth-order valence-corrected chi connectivity index (χ4v) is 4.62. The molecule has 5 nitrogen and oxygen atoms in total. The van der Waals surface area contributed by atoms with Crippen molar-refractivity contribution in [1.82, 2.24) is 9.88 Å². The molecule has 1 aromatic rings. The van der Waals surface area contributed by atoms with Crippen molar-refractivity contribution < 1.29 is 4.79 Å². The SMILES string of the molecule is Cc1ccc(C#N)c(N2CCC3(CCCN(CC4CCC4)C3=O)C2)n1. The highest BCUT2D eigenvalue weighted by molar-refractivity contribution is 5.85. The largest absolute Gasteiger partial charge is 0.354 e. The van der Waals surface area contributed by atoms with Crippen molar-refractivity contribution in [3.8, 4) is 6.07 Å². The van der Waals surface area contributed by atoms with E-state index in [9.17, 15) is 10.1 Å². The second kappa shape index (κ2) is 6.33. The number of hydrogen-bond donors (Lipinski definition) is 0. The molecule has 1 aromatic heterocycles. The molecule has 132 valence electrons. The molecule has 1 unspecified atom stereocenters. The summed E-state index contributed by atoms with van der Waals surface area (Å²) in [5.41, 5.74) is 1.26. The van der Waals surface area contributed by atoms with E-state index in [0.29, 0.717) is 18.0 Å². The van der Waals surface area contributed by atoms with Gasteiger partial charge in [-0.25, -0.2) is 4.98 Å². The highest BCUT2D eigenvalue weighted by Crippen LogP contribution is 2.42. The lowest BCUT2D eigenvalue weighted by Gasteiger charge is -2.42. The molecule has 1 spiro atoms. The number of likely N-dealkylation sites (tertiary alicyclic amines) is 1. The van der Waals surface area contributed by atoms with E-state index in [1.165, 1.54) is 19.3 Å². The number of anilines is 1. The minimum absolute atomic E-state index is 0.264. The summed E-state index contributed by atoms with van der Waals surface area (Å²) in [6.07, 6.45) is 6.83. The predicted molar refractivity (Wildman–Crippen MR) is 96.1 cm³/mol. The van der Waals surface area contributed by atoms with E-state index in [2.05, 4.69) is 20.9 Å². The Morgan fingerprint density at radius 1 is 1.28 bits per heavy atom. The second-order valence-corrected chi connectivity index (χ2v) is 8.04. The number of aryl methyl sites for hydroxylation is 1. The van der Waals surface area contributed by atoms with Crippen LogP contribution in [0.1, 0.15) is 49.8 Å². The van der Waals surface area contributed by atoms with E-state index < -0.39 is 0 Å². The second-order valence-electron chi connectivity index (χ2n) is 8.04. The van der Waals surface area contributed by atoms with Crippen LogP contribution in [-0.2, 0) is 4.79 Å². The summed E-state index contributed by atoms with van der Waals surface area (Å²) < 4.78 is 0. The summed E-state index contributed by atoms with van der Waals surface area (Å²) in [6, 6.07) is 5.97. The lowest BCUT2D eigenvalue weighted by Crippen LogP contribution is -2.51. The number of nitriles is 1. The van der Waals surface area contributed by atoms with Gasteiger partial charge in [0.15, 0.2) is 0 Å². The zero-order chi connectivity index (χ0) is 17.4. The first kappa shape index (κ1) is 16.4. The lowest BCUT2D eigenvalue weighted by molar-refractivity contribution is -0.146. The Morgan fingerprint density at radius 2 is 2.12 bits per heavy atom. The van der Waals surface area contributed by atoms with Gasteiger partial charge >= 0.3 is 0 Å². The molecule has 0 bridgehead atoms. The molecule has 3 fully saturated rings. The summed E-state index contributed by atoms with van der Waals surface area (Å²) in [5.74, 6) is 1.82. The number of nitrogens with zero attached hydrogens (tertiary/aromatic N) is 4. The number of aromatic nitrogens is 1. The Kier molecular flexibility index (Phi) is 4.15. The smallest absolute Gasteiger partial charge is 0.230 e. The fourth-order valence-electron chi connectivity index (χ4n) is 4.62. The Hall–Kier alpha value is -2.09. The van der Waals surface area contributed by atoms with Crippen LogP contribution in [0.25, 0.3) is 0 Å². The number of piperidine rings is 1. The number of amides is 1. The molecule has 1 atom stereocenters. The van der Waals surface area contributed by atoms with E-state index in [1.807, 2.05) is 19.1 Å². The van der Waals surface area contributed by atoms with Gasteiger partial charge < -0.3 is 9.80 Å². The molecule has 2 saturated heterocycles. The molecule has 1 saturated carbocycles. The monoisotopic (exact) mass is 338 g/mol. The summed E-state index contributed by atoms with van der Waals surface area (Å²) >= 11 is 0. The zero-order valence-electron chi connectivity index (χ0n) is 15.0. The van der Waals surface area contributed by atoms with Crippen LogP contribution in [0, 0.1) is 29.6 Å². The molecule has 5 heteroatoms. The normalized spacial score (nSPS) is 26.8. The van der Waals surface area contributed by atoms with E-state index in [1.54, 1.807) is 0 Å². The van der Waals surface area contributed by atoms with Crippen molar-refractivity contribution >= 4 is 11.7 Å². The Bertz CT molecular complexity index is 721. The van der Waals surface area contributed by atoms with E-state index in [0.717, 1.165) is 56.3 Å². The van der Waals surface area contributed by atoms with Crippen LogP contribution < -0.4 is 4.90 Å². The van der Waals surface area contributed by atoms with Crippen LogP contribution in [-0.4, -0.2) is 42.0 Å². The number of pyridine rings is 1. The number of hydrogen-bond acceptors (Lipinski definition) is 4. The quantitative estimate of drug-likeness (QED) is 0.850. The van der Waals surface area contributed by atoms with Crippen LogP contribution in [0.5, 0.6) is 0 Å². The highest BCUT2D eigenvalue weighted by atomic mass is 16.2. The summed E-state index contributed by atoms with van der Waals surface area (Å²) in [5, 5.41) is 9.41. The average molecular weight is 338 g/mol. The number of carbonyl (C=O) groups excluding carboxylic acids is 1. The van der Waals surface area contributed by atoms with Gasteiger partial charge in [-0.1, -0.05) is 6.42 Å². The van der Waals surface area contributed by atoms with Crippen LogP contribution >= 0.6 is 0 Å². The van der Waals surface area contributed by atoms with Crippen molar-refractivity contribution in [1.29, 1.82) is 5.26 Å². The molecule has 25 heavy (non-hydrogen) atoms. The first-order chi connectivity index (χ1) is 12.1. The van der Waals surface area contributed by atoms with Gasteiger partial charge in [0.25, 0.3) is 0 Å².